The molecule has 0 spiro atoms. The first kappa shape index (κ1) is 10.2. The van der Waals surface area contributed by atoms with E-state index in [2.05, 4.69) is 21.0 Å². The summed E-state index contributed by atoms with van der Waals surface area (Å²) >= 11 is 3.39. The van der Waals surface area contributed by atoms with Crippen molar-refractivity contribution in [3.05, 3.63) is 27.9 Å². The normalized spacial score (nSPS) is 10.9. The summed E-state index contributed by atoms with van der Waals surface area (Å²) in [4.78, 5) is 11.0. The SMILES string of the molecule is Cc1nn(C)c2c(Br)ccc(C(=O)O)c12. The fraction of sp³-hybridized carbons (Fsp3) is 0.200. The summed E-state index contributed by atoms with van der Waals surface area (Å²) < 4.78 is 2.53. The van der Waals surface area contributed by atoms with Gasteiger partial charge in [0.15, 0.2) is 0 Å². The molecule has 0 bridgehead atoms. The van der Waals surface area contributed by atoms with Crippen molar-refractivity contribution in [2.24, 2.45) is 7.05 Å². The Morgan fingerprint density at radius 3 is 2.80 bits per heavy atom. The molecule has 0 aliphatic carbocycles. The third-order valence-electron chi connectivity index (χ3n) is 2.34. The fourth-order valence-corrected chi connectivity index (χ4v) is 2.34. The van der Waals surface area contributed by atoms with Crippen LogP contribution in [0.25, 0.3) is 10.9 Å². The van der Waals surface area contributed by atoms with Crippen molar-refractivity contribution >= 4 is 32.8 Å². The zero-order valence-corrected chi connectivity index (χ0v) is 9.87. The number of hydrogen-bond donors (Lipinski definition) is 1. The second-order valence-corrected chi connectivity index (χ2v) is 4.19. The minimum absolute atomic E-state index is 0.291. The zero-order valence-electron chi connectivity index (χ0n) is 8.28. The van der Waals surface area contributed by atoms with Crippen molar-refractivity contribution in [3.63, 3.8) is 0 Å². The maximum Gasteiger partial charge on any atom is 0.336 e. The molecule has 1 aromatic heterocycles. The molecule has 0 atom stereocenters. The molecule has 0 aliphatic heterocycles. The van der Waals surface area contributed by atoms with Gasteiger partial charge in [-0.1, -0.05) is 0 Å². The quantitative estimate of drug-likeness (QED) is 0.864. The van der Waals surface area contributed by atoms with Crippen molar-refractivity contribution < 1.29 is 9.90 Å². The van der Waals surface area contributed by atoms with Crippen LogP contribution in [-0.2, 0) is 7.05 Å². The van der Waals surface area contributed by atoms with Crippen molar-refractivity contribution in [3.8, 4) is 0 Å². The van der Waals surface area contributed by atoms with Gasteiger partial charge in [0.25, 0.3) is 0 Å². The molecule has 0 saturated carbocycles. The summed E-state index contributed by atoms with van der Waals surface area (Å²) in [6, 6.07) is 3.32. The number of hydrogen-bond acceptors (Lipinski definition) is 2. The topological polar surface area (TPSA) is 55.1 Å². The molecule has 0 radical (unpaired) electrons. The van der Waals surface area contributed by atoms with E-state index in [-0.39, 0.29) is 0 Å². The van der Waals surface area contributed by atoms with Gasteiger partial charge in [0.1, 0.15) is 0 Å². The lowest BCUT2D eigenvalue weighted by atomic mass is 10.1. The fourth-order valence-electron chi connectivity index (χ4n) is 1.75. The van der Waals surface area contributed by atoms with E-state index >= 15 is 0 Å². The Balaban J connectivity index is 2.98. The lowest BCUT2D eigenvalue weighted by Gasteiger charge is -2.01. The first-order valence-electron chi connectivity index (χ1n) is 4.37. The molecule has 5 heteroatoms. The summed E-state index contributed by atoms with van der Waals surface area (Å²) in [6.45, 7) is 1.81. The average molecular weight is 269 g/mol. The Kier molecular flexibility index (Phi) is 2.26. The Morgan fingerprint density at radius 1 is 1.53 bits per heavy atom. The summed E-state index contributed by atoms with van der Waals surface area (Å²) in [5.41, 5.74) is 1.83. The molecule has 0 fully saturated rings. The van der Waals surface area contributed by atoms with Crippen LogP contribution < -0.4 is 0 Å². The van der Waals surface area contributed by atoms with Gasteiger partial charge in [-0.2, -0.15) is 5.10 Å². The van der Waals surface area contributed by atoms with E-state index in [0.29, 0.717) is 10.9 Å². The number of nitrogens with zero attached hydrogens (tertiary/aromatic N) is 2. The van der Waals surface area contributed by atoms with Crippen molar-refractivity contribution in [2.45, 2.75) is 6.92 Å². The number of rotatable bonds is 1. The van der Waals surface area contributed by atoms with Gasteiger partial charge in [-0.3, -0.25) is 4.68 Å². The van der Waals surface area contributed by atoms with E-state index < -0.39 is 5.97 Å². The van der Waals surface area contributed by atoms with Crippen LogP contribution in [0.15, 0.2) is 16.6 Å². The molecule has 1 aromatic carbocycles. The number of carbonyl (C=O) groups is 1. The van der Waals surface area contributed by atoms with Gasteiger partial charge in [0.05, 0.1) is 16.8 Å². The zero-order chi connectivity index (χ0) is 11.2. The highest BCUT2D eigenvalue weighted by Gasteiger charge is 2.16. The highest BCUT2D eigenvalue weighted by atomic mass is 79.9. The number of aromatic carboxylic acids is 1. The Bertz CT molecular complexity index is 560. The largest absolute Gasteiger partial charge is 0.478 e. The van der Waals surface area contributed by atoms with Crippen LogP contribution >= 0.6 is 15.9 Å². The predicted octanol–water partition coefficient (Wildman–Crippen LogP) is 2.34. The molecular weight excluding hydrogens is 260 g/mol. The van der Waals surface area contributed by atoms with Crippen molar-refractivity contribution in [2.75, 3.05) is 0 Å². The van der Waals surface area contributed by atoms with E-state index in [4.69, 9.17) is 5.11 Å². The minimum atomic E-state index is -0.927. The molecule has 1 N–H and O–H groups in total. The first-order chi connectivity index (χ1) is 7.02. The molecule has 0 saturated heterocycles. The number of carboxylic acid groups (broad SMARTS) is 1. The van der Waals surface area contributed by atoms with Crippen LogP contribution in [0.3, 0.4) is 0 Å². The maximum absolute atomic E-state index is 11.0. The van der Waals surface area contributed by atoms with Gasteiger partial charge < -0.3 is 5.11 Å². The minimum Gasteiger partial charge on any atom is -0.478 e. The number of aryl methyl sites for hydroxylation is 2. The van der Waals surface area contributed by atoms with Crippen molar-refractivity contribution in [1.29, 1.82) is 0 Å². The smallest absolute Gasteiger partial charge is 0.336 e. The average Bonchev–Trinajstić information content (AvgIpc) is 2.43. The number of benzene rings is 1. The second kappa shape index (κ2) is 3.34. The van der Waals surface area contributed by atoms with Crippen LogP contribution in [0.2, 0.25) is 0 Å². The Hall–Kier alpha value is -1.36. The van der Waals surface area contributed by atoms with E-state index in [9.17, 15) is 4.79 Å². The lowest BCUT2D eigenvalue weighted by Crippen LogP contribution is -1.98. The molecule has 0 amide bonds. The standard InChI is InChI=1S/C10H9BrN2O2/c1-5-8-6(10(14)15)3-4-7(11)9(8)13(2)12-5/h3-4H,1-2H3,(H,14,15). The van der Waals surface area contributed by atoms with Crippen LogP contribution in [0.4, 0.5) is 0 Å². The summed E-state index contributed by atoms with van der Waals surface area (Å²) in [5, 5.41) is 14.0. The predicted molar refractivity (Wildman–Crippen MR) is 60.1 cm³/mol. The van der Waals surface area contributed by atoms with Gasteiger partial charge in [-0.05, 0) is 35.0 Å². The highest BCUT2D eigenvalue weighted by molar-refractivity contribution is 9.10. The molecule has 2 aromatic rings. The van der Waals surface area contributed by atoms with Gasteiger partial charge in [-0.15, -0.1) is 0 Å². The molecule has 1 heterocycles. The third-order valence-corrected chi connectivity index (χ3v) is 2.98. The molecule has 2 rings (SSSR count). The van der Waals surface area contributed by atoms with Gasteiger partial charge in [0, 0.05) is 16.9 Å². The number of carboxylic acids is 1. The van der Waals surface area contributed by atoms with E-state index in [1.807, 2.05) is 0 Å². The summed E-state index contributed by atoms with van der Waals surface area (Å²) in [6.07, 6.45) is 0. The van der Waals surface area contributed by atoms with E-state index in [0.717, 1.165) is 15.7 Å². The summed E-state index contributed by atoms with van der Waals surface area (Å²) in [5.74, 6) is -0.927. The van der Waals surface area contributed by atoms with E-state index in [1.165, 1.54) is 0 Å². The number of halogens is 1. The molecule has 15 heavy (non-hydrogen) atoms. The molecule has 0 aliphatic rings. The van der Waals surface area contributed by atoms with Crippen LogP contribution in [0, 0.1) is 6.92 Å². The van der Waals surface area contributed by atoms with Gasteiger partial charge in [0.2, 0.25) is 0 Å². The Morgan fingerprint density at radius 2 is 2.20 bits per heavy atom. The first-order valence-corrected chi connectivity index (χ1v) is 5.16. The Labute approximate surface area is 94.6 Å². The van der Waals surface area contributed by atoms with Gasteiger partial charge >= 0.3 is 5.97 Å². The van der Waals surface area contributed by atoms with E-state index in [1.54, 1.807) is 30.8 Å². The monoisotopic (exact) mass is 268 g/mol. The molecule has 78 valence electrons. The lowest BCUT2D eigenvalue weighted by molar-refractivity contribution is 0.0699. The number of fused-ring (bicyclic) bond motifs is 1. The molecule has 0 unspecified atom stereocenters. The van der Waals surface area contributed by atoms with Crippen LogP contribution in [0.1, 0.15) is 16.1 Å². The summed E-state index contributed by atoms with van der Waals surface area (Å²) in [7, 11) is 1.80. The third kappa shape index (κ3) is 1.43. The van der Waals surface area contributed by atoms with Crippen LogP contribution in [-0.4, -0.2) is 20.9 Å². The second-order valence-electron chi connectivity index (χ2n) is 3.33. The number of aromatic nitrogens is 2. The molecular formula is C10H9BrN2O2. The molecule has 4 nitrogen and oxygen atoms in total. The highest BCUT2D eigenvalue weighted by Crippen LogP contribution is 2.28. The van der Waals surface area contributed by atoms with Crippen molar-refractivity contribution in [1.82, 2.24) is 9.78 Å². The maximum atomic E-state index is 11.0. The van der Waals surface area contributed by atoms with Crippen LogP contribution in [0.5, 0.6) is 0 Å². The van der Waals surface area contributed by atoms with Gasteiger partial charge in [-0.25, -0.2) is 4.79 Å².